The average Bonchev–Trinajstić information content (AvgIpc) is 2.17. The Morgan fingerprint density at radius 2 is 2.13 bits per heavy atom. The molecule has 1 rings (SSSR count). The van der Waals surface area contributed by atoms with Crippen molar-refractivity contribution in [2.45, 2.75) is 26.4 Å². The molecule has 0 spiro atoms. The van der Waals surface area contributed by atoms with Crippen molar-refractivity contribution in [1.82, 2.24) is 0 Å². The van der Waals surface area contributed by atoms with E-state index < -0.39 is 5.60 Å². The first-order valence-corrected chi connectivity index (χ1v) is 4.72. The number of nitrogens with one attached hydrogen (secondary N) is 1. The quantitative estimate of drug-likeness (QED) is 0.744. The monoisotopic (exact) mass is 208 g/mol. The summed E-state index contributed by atoms with van der Waals surface area (Å²) >= 11 is 0. The highest BCUT2D eigenvalue weighted by atomic mass is 16.6. The van der Waals surface area contributed by atoms with E-state index in [4.69, 9.17) is 10.7 Å². The zero-order valence-electron chi connectivity index (χ0n) is 9.20. The predicted molar refractivity (Wildman–Crippen MR) is 59.0 cm³/mol. The molecule has 15 heavy (non-hydrogen) atoms. The minimum absolute atomic E-state index is 0.0985. The van der Waals surface area contributed by atoms with Gasteiger partial charge in [-0.3, -0.25) is 9.63 Å². The first kappa shape index (κ1) is 11.7. The molecule has 0 aliphatic carbocycles. The van der Waals surface area contributed by atoms with Gasteiger partial charge in [0.2, 0.25) is 5.91 Å². The highest BCUT2D eigenvalue weighted by Gasteiger charge is 2.20. The smallest absolute Gasteiger partial charge is 0.221 e. The van der Waals surface area contributed by atoms with E-state index in [9.17, 15) is 4.79 Å². The van der Waals surface area contributed by atoms with E-state index in [2.05, 4.69) is 5.32 Å². The lowest BCUT2D eigenvalue weighted by molar-refractivity contribution is -0.114. The van der Waals surface area contributed by atoms with Crippen LogP contribution in [0.25, 0.3) is 0 Å². The van der Waals surface area contributed by atoms with Crippen molar-refractivity contribution < 1.29 is 9.63 Å². The van der Waals surface area contributed by atoms with Crippen LogP contribution < -0.4 is 11.2 Å². The first-order valence-electron chi connectivity index (χ1n) is 4.72. The Balaban J connectivity index is 2.97. The molecule has 1 aromatic rings. The van der Waals surface area contributed by atoms with Crippen LogP contribution in [0.15, 0.2) is 24.3 Å². The van der Waals surface area contributed by atoms with Gasteiger partial charge in [0.05, 0.1) is 0 Å². The third-order valence-electron chi connectivity index (χ3n) is 2.17. The second-order valence-corrected chi connectivity index (χ2v) is 3.89. The zero-order valence-corrected chi connectivity index (χ0v) is 9.20. The second-order valence-electron chi connectivity index (χ2n) is 3.89. The molecule has 0 radical (unpaired) electrons. The Morgan fingerprint density at radius 1 is 1.47 bits per heavy atom. The summed E-state index contributed by atoms with van der Waals surface area (Å²) in [6.07, 6.45) is 0. The fourth-order valence-corrected chi connectivity index (χ4v) is 1.24. The molecular formula is C11H16N2O2. The maximum atomic E-state index is 10.9. The number of benzene rings is 1. The molecule has 0 aromatic heterocycles. The summed E-state index contributed by atoms with van der Waals surface area (Å²) in [6, 6.07) is 7.41. The van der Waals surface area contributed by atoms with E-state index in [1.807, 2.05) is 38.1 Å². The lowest BCUT2D eigenvalue weighted by atomic mass is 9.98. The molecule has 1 amide bonds. The summed E-state index contributed by atoms with van der Waals surface area (Å²) < 4.78 is 0. The normalized spacial score (nSPS) is 11.2. The van der Waals surface area contributed by atoms with Gasteiger partial charge in [0.1, 0.15) is 5.60 Å². The number of carbonyl (C=O) groups is 1. The van der Waals surface area contributed by atoms with Crippen LogP contribution in [0.4, 0.5) is 5.69 Å². The summed E-state index contributed by atoms with van der Waals surface area (Å²) in [6.45, 7) is 5.19. The molecule has 0 atom stereocenters. The zero-order chi connectivity index (χ0) is 11.5. The lowest BCUT2D eigenvalue weighted by Gasteiger charge is -2.22. The van der Waals surface area contributed by atoms with Gasteiger partial charge in [0.15, 0.2) is 0 Å². The summed E-state index contributed by atoms with van der Waals surface area (Å²) in [5, 5.41) is 2.71. The van der Waals surface area contributed by atoms with Crippen molar-refractivity contribution in [2.24, 2.45) is 5.90 Å². The predicted octanol–water partition coefficient (Wildman–Crippen LogP) is 1.77. The van der Waals surface area contributed by atoms with Crippen molar-refractivity contribution in [3.05, 3.63) is 29.8 Å². The van der Waals surface area contributed by atoms with Crippen molar-refractivity contribution in [3.63, 3.8) is 0 Å². The van der Waals surface area contributed by atoms with Crippen LogP contribution in [-0.2, 0) is 15.2 Å². The third kappa shape index (κ3) is 3.04. The number of nitrogens with two attached hydrogens (primary N) is 1. The molecule has 0 saturated heterocycles. The van der Waals surface area contributed by atoms with Gasteiger partial charge in [-0.05, 0) is 31.5 Å². The molecule has 4 nitrogen and oxygen atoms in total. The number of amides is 1. The second kappa shape index (κ2) is 4.42. The number of hydrogen-bond acceptors (Lipinski definition) is 3. The number of anilines is 1. The van der Waals surface area contributed by atoms with Crippen LogP contribution in [0.1, 0.15) is 26.3 Å². The Kier molecular flexibility index (Phi) is 3.44. The summed E-state index contributed by atoms with van der Waals surface area (Å²) in [5.41, 5.74) is 1.09. The largest absolute Gasteiger partial charge is 0.326 e. The van der Waals surface area contributed by atoms with Gasteiger partial charge in [-0.1, -0.05) is 12.1 Å². The number of hydrogen-bond donors (Lipinski definition) is 2. The molecule has 82 valence electrons. The molecule has 0 fully saturated rings. The maximum Gasteiger partial charge on any atom is 0.221 e. The summed E-state index contributed by atoms with van der Waals surface area (Å²) in [7, 11) is 0. The maximum absolute atomic E-state index is 10.9. The van der Waals surface area contributed by atoms with Gasteiger partial charge in [-0.25, -0.2) is 5.90 Å². The van der Waals surface area contributed by atoms with Gasteiger partial charge in [-0.2, -0.15) is 0 Å². The Morgan fingerprint density at radius 3 is 2.67 bits per heavy atom. The Hall–Kier alpha value is -1.39. The van der Waals surface area contributed by atoms with Crippen LogP contribution in [0.3, 0.4) is 0 Å². The number of rotatable bonds is 3. The van der Waals surface area contributed by atoms with E-state index in [1.54, 1.807) is 0 Å². The van der Waals surface area contributed by atoms with Gasteiger partial charge < -0.3 is 5.32 Å². The van der Waals surface area contributed by atoms with Gasteiger partial charge in [0.25, 0.3) is 0 Å². The molecule has 3 N–H and O–H groups in total. The summed E-state index contributed by atoms with van der Waals surface area (Å²) in [4.78, 5) is 15.7. The molecule has 0 bridgehead atoms. The van der Waals surface area contributed by atoms with Crippen LogP contribution in [-0.4, -0.2) is 5.91 Å². The molecule has 0 saturated carbocycles. The summed E-state index contributed by atoms with van der Waals surface area (Å²) in [5.74, 6) is 5.10. The van der Waals surface area contributed by atoms with Gasteiger partial charge in [-0.15, -0.1) is 0 Å². The molecule has 0 aliphatic rings. The van der Waals surface area contributed by atoms with Gasteiger partial charge in [0, 0.05) is 12.6 Å². The van der Waals surface area contributed by atoms with E-state index >= 15 is 0 Å². The fourth-order valence-electron chi connectivity index (χ4n) is 1.24. The van der Waals surface area contributed by atoms with Gasteiger partial charge >= 0.3 is 0 Å². The van der Waals surface area contributed by atoms with Crippen molar-refractivity contribution in [3.8, 4) is 0 Å². The molecule has 0 heterocycles. The SMILES string of the molecule is CC(=O)Nc1cccc(C(C)(C)ON)c1. The van der Waals surface area contributed by atoms with Crippen molar-refractivity contribution in [2.75, 3.05) is 5.32 Å². The van der Waals surface area contributed by atoms with Crippen LogP contribution in [0.2, 0.25) is 0 Å². The van der Waals surface area contributed by atoms with E-state index in [1.165, 1.54) is 6.92 Å². The molecule has 0 aliphatic heterocycles. The Labute approximate surface area is 89.4 Å². The third-order valence-corrected chi connectivity index (χ3v) is 2.17. The number of carbonyl (C=O) groups excluding carboxylic acids is 1. The van der Waals surface area contributed by atoms with E-state index in [0.717, 1.165) is 11.3 Å². The fraction of sp³-hybridized carbons (Fsp3) is 0.364. The first-order chi connectivity index (χ1) is 6.95. The standard InChI is InChI=1S/C11H16N2O2/c1-8(14)13-10-6-4-5-9(7-10)11(2,3)15-12/h4-7H,12H2,1-3H3,(H,13,14). The van der Waals surface area contributed by atoms with Crippen LogP contribution in [0, 0.1) is 0 Å². The highest BCUT2D eigenvalue weighted by molar-refractivity contribution is 5.88. The average molecular weight is 208 g/mol. The van der Waals surface area contributed by atoms with Crippen molar-refractivity contribution >= 4 is 11.6 Å². The topological polar surface area (TPSA) is 64.3 Å². The van der Waals surface area contributed by atoms with Crippen LogP contribution >= 0.6 is 0 Å². The molecule has 4 heteroatoms. The Bertz CT molecular complexity index is 361. The highest BCUT2D eigenvalue weighted by Crippen LogP contribution is 2.25. The minimum Gasteiger partial charge on any atom is -0.326 e. The van der Waals surface area contributed by atoms with Crippen LogP contribution in [0.5, 0.6) is 0 Å². The van der Waals surface area contributed by atoms with Crippen molar-refractivity contribution in [1.29, 1.82) is 0 Å². The minimum atomic E-state index is -0.561. The van der Waals surface area contributed by atoms with E-state index in [-0.39, 0.29) is 5.91 Å². The molecule has 1 aromatic carbocycles. The molecule has 0 unspecified atom stereocenters. The van der Waals surface area contributed by atoms with E-state index in [0.29, 0.717) is 0 Å². The molecular weight excluding hydrogens is 192 g/mol. The lowest BCUT2D eigenvalue weighted by Crippen LogP contribution is -2.25.